The Labute approximate surface area is 138 Å². The van der Waals surface area contributed by atoms with E-state index in [1.807, 2.05) is 0 Å². The van der Waals surface area contributed by atoms with Gasteiger partial charge in [0, 0.05) is 23.2 Å². The van der Waals surface area contributed by atoms with E-state index in [9.17, 15) is 15.4 Å². The predicted octanol–water partition coefficient (Wildman–Crippen LogP) is 4.40. The van der Waals surface area contributed by atoms with Crippen molar-refractivity contribution in [3.8, 4) is 6.07 Å². The third-order valence-electron chi connectivity index (χ3n) is 4.04. The van der Waals surface area contributed by atoms with Gasteiger partial charge in [0.25, 0.3) is 5.69 Å². The van der Waals surface area contributed by atoms with Crippen molar-refractivity contribution in [1.82, 2.24) is 0 Å². The number of hydrogen-bond acceptors (Lipinski definition) is 5. The quantitative estimate of drug-likeness (QED) is 0.476. The van der Waals surface area contributed by atoms with Crippen molar-refractivity contribution in [2.75, 3.05) is 0 Å². The molecule has 0 radical (unpaired) electrons. The fourth-order valence-corrected chi connectivity index (χ4v) is 4.06. The summed E-state index contributed by atoms with van der Waals surface area (Å²) in [5.74, 6) is 0.652. The van der Waals surface area contributed by atoms with Gasteiger partial charge in [0.1, 0.15) is 11.1 Å². The minimum absolute atomic E-state index is 0.0560. The van der Waals surface area contributed by atoms with Crippen molar-refractivity contribution in [3.05, 3.63) is 55.9 Å². The van der Waals surface area contributed by atoms with Crippen LogP contribution >= 0.6 is 11.3 Å². The zero-order valence-electron chi connectivity index (χ0n) is 12.7. The highest BCUT2D eigenvalue weighted by Crippen LogP contribution is 2.40. The van der Waals surface area contributed by atoms with Crippen LogP contribution in [0, 0.1) is 27.4 Å². The van der Waals surface area contributed by atoms with Gasteiger partial charge in [-0.25, -0.2) is 4.99 Å². The second-order valence-corrected chi connectivity index (χ2v) is 6.83. The maximum absolute atomic E-state index is 10.7. The number of nitro benzene ring substituents is 1. The van der Waals surface area contributed by atoms with Crippen LogP contribution in [0.15, 0.2) is 29.3 Å². The van der Waals surface area contributed by atoms with Gasteiger partial charge in [0.2, 0.25) is 0 Å². The summed E-state index contributed by atoms with van der Waals surface area (Å²) >= 11 is 1.59. The highest BCUT2D eigenvalue weighted by atomic mass is 32.1. The number of nitrogens with zero attached hydrogens (tertiary/aromatic N) is 3. The van der Waals surface area contributed by atoms with Gasteiger partial charge in [-0.15, -0.1) is 11.3 Å². The van der Waals surface area contributed by atoms with Crippen LogP contribution < -0.4 is 0 Å². The summed E-state index contributed by atoms with van der Waals surface area (Å²) in [6, 6.07) is 8.50. The van der Waals surface area contributed by atoms with Gasteiger partial charge in [0.15, 0.2) is 0 Å². The molecule has 1 aliphatic carbocycles. The van der Waals surface area contributed by atoms with Crippen molar-refractivity contribution in [2.45, 2.75) is 26.2 Å². The van der Waals surface area contributed by atoms with E-state index in [1.54, 1.807) is 29.7 Å². The van der Waals surface area contributed by atoms with Crippen molar-refractivity contribution < 1.29 is 4.92 Å². The average Bonchev–Trinajstić information content (AvgIpc) is 2.89. The van der Waals surface area contributed by atoms with Gasteiger partial charge in [-0.1, -0.05) is 6.92 Å². The number of benzene rings is 1. The topological polar surface area (TPSA) is 79.3 Å². The molecule has 3 rings (SSSR count). The van der Waals surface area contributed by atoms with E-state index in [4.69, 9.17) is 0 Å². The van der Waals surface area contributed by atoms with Crippen LogP contribution in [-0.2, 0) is 12.8 Å². The van der Waals surface area contributed by atoms with E-state index in [1.165, 1.54) is 17.0 Å². The van der Waals surface area contributed by atoms with Crippen molar-refractivity contribution >= 4 is 28.2 Å². The molecule has 6 heteroatoms. The molecule has 0 aliphatic heterocycles. The van der Waals surface area contributed by atoms with Crippen LogP contribution in [0.5, 0.6) is 0 Å². The minimum Gasteiger partial charge on any atom is -0.258 e. The third kappa shape index (κ3) is 3.15. The second kappa shape index (κ2) is 6.31. The summed E-state index contributed by atoms with van der Waals surface area (Å²) in [7, 11) is 0. The SMILES string of the molecule is CC1CCc2c(sc(N=Cc3ccc([N+](=O)[O-])cc3)c2C#N)C1. The number of fused-ring (bicyclic) bond motifs is 1. The maximum Gasteiger partial charge on any atom is 0.269 e. The van der Waals surface area contributed by atoms with Gasteiger partial charge >= 0.3 is 0 Å². The summed E-state index contributed by atoms with van der Waals surface area (Å²) in [6.45, 7) is 2.23. The average molecular weight is 325 g/mol. The molecule has 1 aromatic carbocycles. The third-order valence-corrected chi connectivity index (χ3v) is 5.20. The summed E-state index contributed by atoms with van der Waals surface area (Å²) in [5, 5.41) is 20.8. The molecule has 0 spiro atoms. The zero-order chi connectivity index (χ0) is 16.4. The Bertz CT molecular complexity index is 816. The van der Waals surface area contributed by atoms with E-state index in [0.29, 0.717) is 11.5 Å². The highest BCUT2D eigenvalue weighted by molar-refractivity contribution is 7.16. The maximum atomic E-state index is 10.7. The molecular formula is C17H15N3O2S. The Morgan fingerprint density at radius 1 is 1.43 bits per heavy atom. The van der Waals surface area contributed by atoms with Gasteiger partial charge in [-0.2, -0.15) is 5.26 Å². The Kier molecular flexibility index (Phi) is 4.22. The number of rotatable bonds is 3. The highest BCUT2D eigenvalue weighted by Gasteiger charge is 2.23. The lowest BCUT2D eigenvalue weighted by molar-refractivity contribution is -0.384. The molecule has 116 valence electrons. The standard InChI is InChI=1S/C17H15N3O2S/c1-11-2-7-14-15(9-18)17(23-16(14)8-11)19-10-12-3-5-13(6-4-12)20(21)22/h3-6,10-11H,2,7-8H2,1H3. The van der Waals surface area contributed by atoms with Crippen LogP contribution in [0.3, 0.4) is 0 Å². The molecule has 1 unspecified atom stereocenters. The number of thiophene rings is 1. The summed E-state index contributed by atoms with van der Waals surface area (Å²) in [6.07, 6.45) is 4.74. The molecule has 2 aromatic rings. The van der Waals surface area contributed by atoms with Crippen molar-refractivity contribution in [1.29, 1.82) is 5.26 Å². The van der Waals surface area contributed by atoms with Crippen LogP contribution in [0.2, 0.25) is 0 Å². The molecule has 5 nitrogen and oxygen atoms in total. The molecule has 23 heavy (non-hydrogen) atoms. The molecule has 1 aliphatic rings. The molecular weight excluding hydrogens is 310 g/mol. The van der Waals surface area contributed by atoms with Crippen LogP contribution in [0.25, 0.3) is 0 Å². The van der Waals surface area contributed by atoms with Gasteiger partial charge in [0.05, 0.1) is 10.5 Å². The fourth-order valence-electron chi connectivity index (χ4n) is 2.76. The Morgan fingerprint density at radius 2 is 2.17 bits per heavy atom. The zero-order valence-corrected chi connectivity index (χ0v) is 13.5. The fraction of sp³-hybridized carbons (Fsp3) is 0.294. The van der Waals surface area contributed by atoms with Crippen LogP contribution in [0.4, 0.5) is 10.7 Å². The van der Waals surface area contributed by atoms with Crippen molar-refractivity contribution in [3.63, 3.8) is 0 Å². The van der Waals surface area contributed by atoms with E-state index in [0.717, 1.165) is 35.4 Å². The molecule has 0 saturated heterocycles. The largest absolute Gasteiger partial charge is 0.269 e. The number of nitro groups is 1. The molecule has 0 N–H and O–H groups in total. The van der Waals surface area contributed by atoms with Crippen LogP contribution in [0.1, 0.15) is 34.9 Å². The van der Waals surface area contributed by atoms with E-state index >= 15 is 0 Å². The van der Waals surface area contributed by atoms with E-state index in [-0.39, 0.29) is 5.69 Å². The first-order chi connectivity index (χ1) is 11.1. The Balaban J connectivity index is 1.88. The molecule has 1 heterocycles. The molecule has 0 bridgehead atoms. The van der Waals surface area contributed by atoms with Crippen LogP contribution in [-0.4, -0.2) is 11.1 Å². The molecule has 0 fully saturated rings. The number of nitriles is 1. The first-order valence-electron chi connectivity index (χ1n) is 7.41. The van der Waals surface area contributed by atoms with Gasteiger partial charge < -0.3 is 0 Å². The van der Waals surface area contributed by atoms with E-state index in [2.05, 4.69) is 18.0 Å². The molecule has 0 amide bonds. The first-order valence-corrected chi connectivity index (χ1v) is 8.23. The van der Waals surface area contributed by atoms with Crippen molar-refractivity contribution in [2.24, 2.45) is 10.9 Å². The lowest BCUT2D eigenvalue weighted by atomic mass is 9.89. The lowest BCUT2D eigenvalue weighted by Gasteiger charge is -2.17. The Hall–Kier alpha value is -2.52. The second-order valence-electron chi connectivity index (χ2n) is 5.75. The molecule has 1 atom stereocenters. The number of aliphatic imine (C=N–C) groups is 1. The smallest absolute Gasteiger partial charge is 0.258 e. The van der Waals surface area contributed by atoms with Gasteiger partial charge in [-0.3, -0.25) is 10.1 Å². The monoisotopic (exact) mass is 325 g/mol. The summed E-state index contributed by atoms with van der Waals surface area (Å²) in [4.78, 5) is 16.0. The number of hydrogen-bond donors (Lipinski definition) is 0. The normalized spacial score (nSPS) is 17.0. The van der Waals surface area contributed by atoms with Gasteiger partial charge in [-0.05, 0) is 48.4 Å². The minimum atomic E-state index is -0.427. The Morgan fingerprint density at radius 3 is 2.83 bits per heavy atom. The summed E-state index contributed by atoms with van der Waals surface area (Å²) in [5.41, 5.74) is 2.68. The lowest BCUT2D eigenvalue weighted by Crippen LogP contribution is -2.09. The van der Waals surface area contributed by atoms with E-state index < -0.39 is 4.92 Å². The summed E-state index contributed by atoms with van der Waals surface area (Å²) < 4.78 is 0. The molecule has 1 aromatic heterocycles. The molecule has 0 saturated carbocycles. The number of non-ortho nitro benzene ring substituents is 1. The predicted molar refractivity (Wildman–Crippen MR) is 90.6 cm³/mol. The first kappa shape index (κ1) is 15.4.